The molecule has 26 heavy (non-hydrogen) atoms. The molecule has 0 saturated carbocycles. The number of hydrogen-bond donors (Lipinski definition) is 2. The number of piperidine rings is 1. The quantitative estimate of drug-likeness (QED) is 0.841. The molecule has 0 spiro atoms. The summed E-state index contributed by atoms with van der Waals surface area (Å²) in [5.41, 5.74) is 1.89. The van der Waals surface area contributed by atoms with Gasteiger partial charge >= 0.3 is 6.03 Å². The van der Waals surface area contributed by atoms with Gasteiger partial charge in [0.05, 0.1) is 6.17 Å². The van der Waals surface area contributed by atoms with E-state index in [4.69, 9.17) is 11.6 Å². The van der Waals surface area contributed by atoms with Gasteiger partial charge in [-0.2, -0.15) is 0 Å². The van der Waals surface area contributed by atoms with Crippen molar-refractivity contribution < 1.29 is 9.18 Å². The number of anilines is 1. The third-order valence-electron chi connectivity index (χ3n) is 4.75. The molecule has 0 radical (unpaired) electrons. The van der Waals surface area contributed by atoms with E-state index in [1.165, 1.54) is 12.1 Å². The Kier molecular flexibility index (Phi) is 6.12. The Morgan fingerprint density at radius 2 is 2.04 bits per heavy atom. The van der Waals surface area contributed by atoms with Gasteiger partial charge in [0.15, 0.2) is 0 Å². The summed E-state index contributed by atoms with van der Waals surface area (Å²) in [4.78, 5) is 14.0. The molecule has 0 aliphatic carbocycles. The number of carbonyl (C=O) groups excluding carboxylic acids is 1. The Bertz CT molecular complexity index is 745. The standard InChI is InChI=1S/C20H23ClFN3O/c1-25(18-4-2-3-16(21)12-18)20(26)24-19-10-7-15(13-23-19)11-14-5-8-17(22)9-6-14/h2-6,8-9,12,15,19,23H,7,10-11,13H2,1H3,(H,24,26). The van der Waals surface area contributed by atoms with Crippen molar-refractivity contribution in [3.05, 3.63) is 64.9 Å². The molecular formula is C20H23ClFN3O. The van der Waals surface area contributed by atoms with Crippen LogP contribution in [0.3, 0.4) is 0 Å². The summed E-state index contributed by atoms with van der Waals surface area (Å²) in [6.07, 6.45) is 2.74. The van der Waals surface area contributed by atoms with E-state index < -0.39 is 0 Å². The van der Waals surface area contributed by atoms with Crippen LogP contribution in [0, 0.1) is 11.7 Å². The van der Waals surface area contributed by atoms with Crippen LogP contribution in [0.5, 0.6) is 0 Å². The predicted molar refractivity (Wildman–Crippen MR) is 103 cm³/mol. The molecule has 2 unspecified atom stereocenters. The van der Waals surface area contributed by atoms with Gasteiger partial charge in [-0.1, -0.05) is 29.8 Å². The van der Waals surface area contributed by atoms with Crippen molar-refractivity contribution in [2.24, 2.45) is 5.92 Å². The zero-order valence-electron chi connectivity index (χ0n) is 14.7. The topological polar surface area (TPSA) is 44.4 Å². The van der Waals surface area contributed by atoms with Crippen molar-refractivity contribution in [2.75, 3.05) is 18.5 Å². The van der Waals surface area contributed by atoms with E-state index in [0.717, 1.165) is 37.1 Å². The highest BCUT2D eigenvalue weighted by atomic mass is 35.5. The van der Waals surface area contributed by atoms with Crippen LogP contribution in [0.15, 0.2) is 48.5 Å². The van der Waals surface area contributed by atoms with Gasteiger partial charge in [0.1, 0.15) is 5.82 Å². The van der Waals surface area contributed by atoms with Gasteiger partial charge in [-0.25, -0.2) is 9.18 Å². The molecule has 1 aliphatic heterocycles. The summed E-state index contributed by atoms with van der Waals surface area (Å²) in [5.74, 6) is 0.279. The first kappa shape index (κ1) is 18.7. The van der Waals surface area contributed by atoms with E-state index in [2.05, 4.69) is 10.6 Å². The average Bonchev–Trinajstić information content (AvgIpc) is 2.64. The predicted octanol–water partition coefficient (Wildman–Crippen LogP) is 4.19. The van der Waals surface area contributed by atoms with Crippen molar-refractivity contribution in [3.63, 3.8) is 0 Å². The van der Waals surface area contributed by atoms with E-state index in [-0.39, 0.29) is 18.0 Å². The van der Waals surface area contributed by atoms with E-state index in [1.54, 1.807) is 24.1 Å². The van der Waals surface area contributed by atoms with Crippen molar-refractivity contribution in [2.45, 2.75) is 25.4 Å². The van der Waals surface area contributed by atoms with Gasteiger partial charge in [0, 0.05) is 24.3 Å². The molecule has 0 bridgehead atoms. The number of halogens is 2. The second kappa shape index (κ2) is 8.52. The van der Waals surface area contributed by atoms with Crippen LogP contribution in [-0.4, -0.2) is 25.8 Å². The minimum Gasteiger partial charge on any atom is -0.322 e. The molecule has 0 aromatic heterocycles. The highest BCUT2D eigenvalue weighted by Crippen LogP contribution is 2.20. The largest absolute Gasteiger partial charge is 0.322 e. The summed E-state index contributed by atoms with van der Waals surface area (Å²) in [6, 6.07) is 13.7. The van der Waals surface area contributed by atoms with Crippen molar-refractivity contribution in [1.82, 2.24) is 10.6 Å². The lowest BCUT2D eigenvalue weighted by atomic mass is 9.91. The lowest BCUT2D eigenvalue weighted by molar-refractivity contribution is 0.228. The van der Waals surface area contributed by atoms with Crippen LogP contribution in [0.1, 0.15) is 18.4 Å². The highest BCUT2D eigenvalue weighted by molar-refractivity contribution is 6.30. The van der Waals surface area contributed by atoms with E-state index in [1.807, 2.05) is 24.3 Å². The van der Waals surface area contributed by atoms with Crippen LogP contribution in [-0.2, 0) is 6.42 Å². The minimum absolute atomic E-state index is 0.0476. The highest BCUT2D eigenvalue weighted by Gasteiger charge is 2.23. The van der Waals surface area contributed by atoms with Crippen LogP contribution in [0.4, 0.5) is 14.9 Å². The monoisotopic (exact) mass is 375 g/mol. The zero-order valence-corrected chi connectivity index (χ0v) is 15.5. The Balaban J connectivity index is 1.47. The molecule has 4 nitrogen and oxygen atoms in total. The number of urea groups is 1. The van der Waals surface area contributed by atoms with Gasteiger partial charge in [-0.15, -0.1) is 0 Å². The zero-order chi connectivity index (χ0) is 18.5. The molecule has 2 N–H and O–H groups in total. The lowest BCUT2D eigenvalue weighted by Crippen LogP contribution is -2.53. The molecule has 138 valence electrons. The number of nitrogens with one attached hydrogen (secondary N) is 2. The molecule has 2 amide bonds. The molecule has 1 aliphatic rings. The first-order chi connectivity index (χ1) is 12.5. The fourth-order valence-corrected chi connectivity index (χ4v) is 3.40. The van der Waals surface area contributed by atoms with Crippen molar-refractivity contribution in [3.8, 4) is 0 Å². The van der Waals surface area contributed by atoms with Gasteiger partial charge in [0.2, 0.25) is 0 Å². The van der Waals surface area contributed by atoms with E-state index in [0.29, 0.717) is 10.9 Å². The summed E-state index contributed by atoms with van der Waals surface area (Å²) in [6.45, 7) is 0.823. The lowest BCUT2D eigenvalue weighted by Gasteiger charge is -2.31. The van der Waals surface area contributed by atoms with E-state index >= 15 is 0 Å². The summed E-state index contributed by atoms with van der Waals surface area (Å²) in [5, 5.41) is 7.00. The summed E-state index contributed by atoms with van der Waals surface area (Å²) < 4.78 is 13.0. The summed E-state index contributed by atoms with van der Waals surface area (Å²) >= 11 is 5.99. The second-order valence-electron chi connectivity index (χ2n) is 6.72. The molecule has 6 heteroatoms. The first-order valence-corrected chi connectivity index (χ1v) is 9.16. The Hall–Kier alpha value is -2.11. The Labute approximate surface area is 158 Å². The maximum absolute atomic E-state index is 13.0. The third kappa shape index (κ3) is 4.96. The number of carbonyl (C=O) groups is 1. The van der Waals surface area contributed by atoms with Gasteiger partial charge in [-0.05, 0) is 61.1 Å². The van der Waals surface area contributed by atoms with Gasteiger partial charge in [0.25, 0.3) is 0 Å². The van der Waals surface area contributed by atoms with Crippen molar-refractivity contribution >= 4 is 23.3 Å². The van der Waals surface area contributed by atoms with Crippen molar-refractivity contribution in [1.29, 1.82) is 0 Å². The third-order valence-corrected chi connectivity index (χ3v) is 4.99. The van der Waals surface area contributed by atoms with Crippen LogP contribution < -0.4 is 15.5 Å². The fraction of sp³-hybridized carbons (Fsp3) is 0.350. The Morgan fingerprint density at radius 3 is 2.69 bits per heavy atom. The molecule has 1 fully saturated rings. The SMILES string of the molecule is CN(C(=O)NC1CCC(Cc2ccc(F)cc2)CN1)c1cccc(Cl)c1. The smallest absolute Gasteiger partial charge is 0.322 e. The molecule has 2 aromatic carbocycles. The van der Waals surface area contributed by atoms with Gasteiger partial charge in [-0.3, -0.25) is 10.2 Å². The Morgan fingerprint density at radius 1 is 1.27 bits per heavy atom. The summed E-state index contributed by atoms with van der Waals surface area (Å²) in [7, 11) is 1.72. The van der Waals surface area contributed by atoms with E-state index in [9.17, 15) is 9.18 Å². The molecular weight excluding hydrogens is 353 g/mol. The molecule has 1 saturated heterocycles. The number of hydrogen-bond acceptors (Lipinski definition) is 2. The maximum atomic E-state index is 13.0. The van der Waals surface area contributed by atoms with Crippen LogP contribution in [0.2, 0.25) is 5.02 Å². The number of benzene rings is 2. The minimum atomic E-state index is -0.206. The normalized spacial score (nSPS) is 19.8. The first-order valence-electron chi connectivity index (χ1n) is 8.79. The van der Waals surface area contributed by atoms with Gasteiger partial charge < -0.3 is 5.32 Å². The molecule has 2 atom stereocenters. The number of amides is 2. The number of rotatable bonds is 4. The fourth-order valence-electron chi connectivity index (χ4n) is 3.21. The van der Waals surface area contributed by atoms with Crippen LogP contribution in [0.25, 0.3) is 0 Å². The number of nitrogens with zero attached hydrogens (tertiary/aromatic N) is 1. The molecule has 2 aromatic rings. The second-order valence-corrected chi connectivity index (χ2v) is 7.16. The van der Waals surface area contributed by atoms with Crippen LogP contribution >= 0.6 is 11.6 Å². The average molecular weight is 376 g/mol. The molecule has 3 rings (SSSR count). The maximum Gasteiger partial charge on any atom is 0.322 e. The molecule has 1 heterocycles.